The predicted molar refractivity (Wildman–Crippen MR) is 99.4 cm³/mol. The van der Waals surface area contributed by atoms with Crippen LogP contribution >= 0.6 is 0 Å². The number of ether oxygens (including phenoxy) is 1. The standard InChI is InChI=1S/C18H21FN6O3/c1-18(2,19)11-24-14-7-13(20-8-12(14)9-21-24)17-15(25(26)27)10-23(22-17)16-5-3-4-6-28-16/h7-10,16H,3-6,11H2,1-2H3. The maximum Gasteiger partial charge on any atom is 0.316 e. The maximum absolute atomic E-state index is 14.1. The third-order valence-electron chi connectivity index (χ3n) is 4.65. The van der Waals surface area contributed by atoms with Crippen molar-refractivity contribution < 1.29 is 14.1 Å². The zero-order valence-corrected chi connectivity index (χ0v) is 15.7. The van der Waals surface area contributed by atoms with Gasteiger partial charge in [-0.25, -0.2) is 9.07 Å². The molecule has 9 nitrogen and oxygen atoms in total. The van der Waals surface area contributed by atoms with Crippen molar-refractivity contribution in [3.05, 3.63) is 34.8 Å². The van der Waals surface area contributed by atoms with Crippen LogP contribution in [0.4, 0.5) is 10.1 Å². The van der Waals surface area contributed by atoms with Crippen molar-refractivity contribution in [1.82, 2.24) is 24.5 Å². The largest absolute Gasteiger partial charge is 0.357 e. The quantitative estimate of drug-likeness (QED) is 0.488. The van der Waals surface area contributed by atoms with Crippen LogP contribution in [0.15, 0.2) is 24.7 Å². The molecule has 4 heterocycles. The van der Waals surface area contributed by atoms with E-state index in [0.717, 1.165) is 24.6 Å². The van der Waals surface area contributed by atoms with Crippen molar-refractivity contribution in [2.45, 2.75) is 51.6 Å². The highest BCUT2D eigenvalue weighted by atomic mass is 19.1. The number of fused-ring (bicyclic) bond motifs is 1. The van der Waals surface area contributed by atoms with Gasteiger partial charge in [-0.15, -0.1) is 0 Å². The summed E-state index contributed by atoms with van der Waals surface area (Å²) in [6.45, 7) is 3.61. The Bertz CT molecular complexity index is 1020. The van der Waals surface area contributed by atoms with Gasteiger partial charge in [-0.05, 0) is 39.2 Å². The Morgan fingerprint density at radius 3 is 2.89 bits per heavy atom. The van der Waals surface area contributed by atoms with E-state index in [1.165, 1.54) is 29.4 Å². The molecule has 28 heavy (non-hydrogen) atoms. The SMILES string of the molecule is CC(C)(F)Cn1ncc2cnc(-c3nn(C4CCCCO4)cc3[N+](=O)[O-])cc21. The number of alkyl halides is 1. The molecule has 0 bridgehead atoms. The number of halogens is 1. The summed E-state index contributed by atoms with van der Waals surface area (Å²) in [5.41, 5.74) is -0.444. The highest BCUT2D eigenvalue weighted by molar-refractivity contribution is 5.82. The lowest BCUT2D eigenvalue weighted by Crippen LogP contribution is -2.21. The summed E-state index contributed by atoms with van der Waals surface area (Å²) >= 11 is 0. The first-order chi connectivity index (χ1) is 13.3. The molecule has 1 unspecified atom stereocenters. The van der Waals surface area contributed by atoms with Crippen LogP contribution in [0.1, 0.15) is 39.3 Å². The zero-order valence-electron chi connectivity index (χ0n) is 15.7. The third kappa shape index (κ3) is 3.59. The van der Waals surface area contributed by atoms with Crippen molar-refractivity contribution >= 4 is 16.6 Å². The molecule has 0 saturated carbocycles. The van der Waals surface area contributed by atoms with Gasteiger partial charge in [0, 0.05) is 18.2 Å². The average molecular weight is 388 g/mol. The number of nitro groups is 1. The smallest absolute Gasteiger partial charge is 0.316 e. The number of hydrogen-bond acceptors (Lipinski definition) is 6. The van der Waals surface area contributed by atoms with E-state index in [4.69, 9.17) is 4.74 Å². The lowest BCUT2D eigenvalue weighted by molar-refractivity contribution is -0.384. The second kappa shape index (κ2) is 6.93. The first kappa shape index (κ1) is 18.5. The van der Waals surface area contributed by atoms with Gasteiger partial charge in [-0.3, -0.25) is 19.8 Å². The molecule has 0 radical (unpaired) electrons. The summed E-state index contributed by atoms with van der Waals surface area (Å²) in [4.78, 5) is 15.4. The van der Waals surface area contributed by atoms with Gasteiger partial charge >= 0.3 is 5.69 Å². The first-order valence-electron chi connectivity index (χ1n) is 9.18. The number of pyridine rings is 1. The Hall–Kier alpha value is -2.88. The van der Waals surface area contributed by atoms with Crippen LogP contribution in [-0.4, -0.2) is 41.7 Å². The monoisotopic (exact) mass is 388 g/mol. The van der Waals surface area contributed by atoms with E-state index in [2.05, 4.69) is 15.2 Å². The molecule has 0 aromatic carbocycles. The molecule has 10 heteroatoms. The minimum absolute atomic E-state index is 0.0619. The van der Waals surface area contributed by atoms with E-state index >= 15 is 0 Å². The van der Waals surface area contributed by atoms with E-state index in [9.17, 15) is 14.5 Å². The fraction of sp³-hybridized carbons (Fsp3) is 0.500. The van der Waals surface area contributed by atoms with Crippen LogP contribution < -0.4 is 0 Å². The molecule has 0 spiro atoms. The summed E-state index contributed by atoms with van der Waals surface area (Å²) < 4.78 is 22.8. The molecule has 1 aliphatic heterocycles. The van der Waals surface area contributed by atoms with Gasteiger partial charge in [-0.1, -0.05) is 0 Å². The van der Waals surface area contributed by atoms with Crippen molar-refractivity contribution in [3.63, 3.8) is 0 Å². The van der Waals surface area contributed by atoms with Crippen LogP contribution in [0.5, 0.6) is 0 Å². The van der Waals surface area contributed by atoms with Crippen LogP contribution in [-0.2, 0) is 11.3 Å². The summed E-state index contributed by atoms with van der Waals surface area (Å²) in [6, 6.07) is 1.66. The fourth-order valence-electron chi connectivity index (χ4n) is 3.36. The molecule has 148 valence electrons. The Kier molecular flexibility index (Phi) is 4.58. The molecule has 0 amide bonds. The van der Waals surface area contributed by atoms with Crippen LogP contribution in [0.25, 0.3) is 22.3 Å². The number of nitrogens with zero attached hydrogens (tertiary/aromatic N) is 6. The van der Waals surface area contributed by atoms with Gasteiger partial charge in [0.05, 0.1) is 28.9 Å². The summed E-state index contributed by atoms with van der Waals surface area (Å²) in [7, 11) is 0. The molecule has 0 aliphatic carbocycles. The van der Waals surface area contributed by atoms with Crippen LogP contribution in [0, 0.1) is 10.1 Å². The van der Waals surface area contributed by atoms with Gasteiger partial charge in [0.2, 0.25) is 0 Å². The average Bonchev–Trinajstić information content (AvgIpc) is 3.26. The van der Waals surface area contributed by atoms with Gasteiger partial charge in [0.25, 0.3) is 0 Å². The van der Waals surface area contributed by atoms with E-state index in [0.29, 0.717) is 17.8 Å². The summed E-state index contributed by atoms with van der Waals surface area (Å²) in [6.07, 6.45) is 6.95. The normalized spacial score (nSPS) is 17.9. The molecule has 1 saturated heterocycles. The van der Waals surface area contributed by atoms with Crippen LogP contribution in [0.3, 0.4) is 0 Å². The molecule has 0 N–H and O–H groups in total. The maximum atomic E-state index is 14.1. The van der Waals surface area contributed by atoms with Gasteiger partial charge in [-0.2, -0.15) is 10.2 Å². The van der Waals surface area contributed by atoms with E-state index in [1.807, 2.05) is 0 Å². The first-order valence-corrected chi connectivity index (χ1v) is 9.18. The van der Waals surface area contributed by atoms with Crippen molar-refractivity contribution in [1.29, 1.82) is 0 Å². The number of hydrogen-bond donors (Lipinski definition) is 0. The second-order valence-corrected chi connectivity index (χ2v) is 7.57. The minimum Gasteiger partial charge on any atom is -0.357 e. The van der Waals surface area contributed by atoms with Gasteiger partial charge in [0.15, 0.2) is 5.69 Å². The highest BCUT2D eigenvalue weighted by Crippen LogP contribution is 2.32. The second-order valence-electron chi connectivity index (χ2n) is 7.57. The van der Waals surface area contributed by atoms with Gasteiger partial charge in [0.1, 0.15) is 18.1 Å². The Balaban J connectivity index is 1.77. The molecular weight excluding hydrogens is 367 g/mol. The molecule has 3 aromatic rings. The molecule has 3 aromatic heterocycles. The number of aromatic nitrogens is 5. The molecule has 1 aliphatic rings. The van der Waals surface area contributed by atoms with E-state index in [-0.39, 0.29) is 24.2 Å². The lowest BCUT2D eigenvalue weighted by Gasteiger charge is -2.22. The van der Waals surface area contributed by atoms with Gasteiger partial charge < -0.3 is 4.74 Å². The van der Waals surface area contributed by atoms with Crippen molar-refractivity contribution in [2.75, 3.05) is 6.61 Å². The topological polar surface area (TPSA) is 101 Å². The molecule has 4 rings (SSSR count). The lowest BCUT2D eigenvalue weighted by atomic mass is 10.1. The van der Waals surface area contributed by atoms with Crippen molar-refractivity contribution in [3.8, 4) is 11.4 Å². The molecule has 1 atom stereocenters. The van der Waals surface area contributed by atoms with E-state index in [1.54, 1.807) is 18.5 Å². The summed E-state index contributed by atoms with van der Waals surface area (Å²) in [5, 5.41) is 20.9. The van der Waals surface area contributed by atoms with Crippen molar-refractivity contribution in [2.24, 2.45) is 0 Å². The van der Waals surface area contributed by atoms with E-state index < -0.39 is 10.6 Å². The Labute approximate surface area is 160 Å². The fourth-order valence-corrected chi connectivity index (χ4v) is 3.36. The Morgan fingerprint density at radius 1 is 1.39 bits per heavy atom. The highest BCUT2D eigenvalue weighted by Gasteiger charge is 2.27. The molecule has 1 fully saturated rings. The minimum atomic E-state index is -1.45. The number of rotatable bonds is 5. The molecular formula is C18H21FN6O3. The predicted octanol–water partition coefficient (Wildman–Crippen LogP) is 3.65. The Morgan fingerprint density at radius 2 is 2.21 bits per heavy atom. The summed E-state index contributed by atoms with van der Waals surface area (Å²) in [5.74, 6) is 0. The zero-order chi connectivity index (χ0) is 19.9. The van der Waals surface area contributed by atoms with Crippen LogP contribution in [0.2, 0.25) is 0 Å². The third-order valence-corrected chi connectivity index (χ3v) is 4.65.